The lowest BCUT2D eigenvalue weighted by atomic mass is 9.98. The van der Waals surface area contributed by atoms with Crippen LogP contribution < -0.4 is 65.5 Å². The summed E-state index contributed by atoms with van der Waals surface area (Å²) < 4.78 is 0. The van der Waals surface area contributed by atoms with Crippen LogP contribution in [0.15, 0.2) is 60.7 Å². The summed E-state index contributed by atoms with van der Waals surface area (Å²) in [7, 11) is 0. The lowest BCUT2D eigenvalue weighted by molar-refractivity contribution is -0.143. The Morgan fingerprint density at radius 2 is 0.726 bits per heavy atom. The van der Waals surface area contributed by atoms with E-state index in [0.717, 1.165) is 0 Å². The molecule has 5 rings (SSSR count). The third-order valence-electron chi connectivity index (χ3n) is 15.5. The topological polar surface area (TPSA) is 377 Å². The first kappa shape index (κ1) is 67.8. The first-order valence-corrected chi connectivity index (χ1v) is 29.8. The summed E-state index contributed by atoms with van der Waals surface area (Å²) in [5, 5.41) is 22.6. The van der Waals surface area contributed by atoms with E-state index in [4.69, 9.17) is 22.9 Å². The van der Waals surface area contributed by atoms with Crippen molar-refractivity contribution in [1.82, 2.24) is 52.3 Å². The molecule has 84 heavy (non-hydrogen) atoms. The number of nitrogens with one attached hydrogen (secondary N) is 8. The molecule has 2 aromatic rings. The molecule has 16 N–H and O–H groups in total. The third-order valence-corrected chi connectivity index (χ3v) is 15.5. The largest absolute Gasteiger partial charge is 0.343 e. The number of nitrogens with two attached hydrogens (primary N) is 4. The monoisotopic (exact) mass is 1170 g/mol. The number of hydrogen-bond donors (Lipinski definition) is 12. The fourth-order valence-electron chi connectivity index (χ4n) is 11.0. The maximum Gasteiger partial charge on any atom is 0.246 e. The highest BCUT2D eigenvalue weighted by molar-refractivity contribution is 6.00. The van der Waals surface area contributed by atoms with Crippen LogP contribution in [-0.4, -0.2) is 168 Å². The molecule has 0 unspecified atom stereocenters. The van der Waals surface area contributed by atoms with Crippen LogP contribution in [0.2, 0.25) is 0 Å². The van der Waals surface area contributed by atoms with Gasteiger partial charge in [-0.15, -0.1) is 0 Å². The van der Waals surface area contributed by atoms with E-state index in [1.165, 1.54) is 9.80 Å². The zero-order valence-corrected chi connectivity index (χ0v) is 50.2. The summed E-state index contributed by atoms with van der Waals surface area (Å²) in [6.45, 7) is 14.3. The smallest absolute Gasteiger partial charge is 0.246 e. The Balaban J connectivity index is 1.61. The van der Waals surface area contributed by atoms with Crippen LogP contribution in [0.25, 0.3) is 0 Å². The summed E-state index contributed by atoms with van der Waals surface area (Å²) in [6.07, 6.45) is 0.800. The van der Waals surface area contributed by atoms with E-state index in [-0.39, 0.29) is 102 Å². The second-order valence-corrected chi connectivity index (χ2v) is 24.3. The van der Waals surface area contributed by atoms with Crippen LogP contribution in [0.5, 0.6) is 0 Å². The molecule has 24 nitrogen and oxygen atoms in total. The van der Waals surface area contributed by atoms with Crippen molar-refractivity contribution < 1.29 is 47.9 Å². The van der Waals surface area contributed by atoms with Gasteiger partial charge in [0.1, 0.15) is 60.4 Å². The number of benzene rings is 2. The van der Waals surface area contributed by atoms with Gasteiger partial charge in [-0.3, -0.25) is 47.9 Å². The zero-order chi connectivity index (χ0) is 61.9. The van der Waals surface area contributed by atoms with Crippen molar-refractivity contribution >= 4 is 59.1 Å². The number of nitrogens with zero attached hydrogens (tertiary/aromatic N) is 2. The van der Waals surface area contributed by atoms with Gasteiger partial charge < -0.3 is 75.3 Å². The molecule has 3 fully saturated rings. The van der Waals surface area contributed by atoms with E-state index in [0.29, 0.717) is 11.1 Å². The van der Waals surface area contributed by atoms with Crippen molar-refractivity contribution in [1.29, 1.82) is 0 Å². The van der Waals surface area contributed by atoms with Crippen molar-refractivity contribution in [3.8, 4) is 0 Å². The molecule has 3 aliphatic rings. The number of carbonyl (C=O) groups is 10. The van der Waals surface area contributed by atoms with Crippen molar-refractivity contribution in [3.05, 3.63) is 71.8 Å². The van der Waals surface area contributed by atoms with Gasteiger partial charge in [0.2, 0.25) is 59.1 Å². The molecule has 3 heterocycles. The number of amides is 10. The molecular formula is C60H94N14O10. The predicted octanol–water partition coefficient (Wildman–Crippen LogP) is -0.898. The minimum absolute atomic E-state index is 0.00405. The molecule has 464 valence electrons. The second-order valence-electron chi connectivity index (χ2n) is 24.3. The normalized spacial score (nSPS) is 28.0. The Bertz CT molecular complexity index is 2400. The standard InChI is InChI=1S/C60H94N14O10/c1-33(2)25-43-53(77)69-45(27-37-17-11-9-12-18-37)59(83)73-31-39(63)29-47(73)55(79)72-50(36(7)8)58(82)66-42(22-16-24-62)52(76)68-44(26-34(3)4)54(78)70-46(28-38-19-13-10-14-20-38)60(84)74-32-40(64)30-48(74)56(80)71-49(35(5)6)57(81)65-41(21-15-23-61)51(75)67-43/h9-14,17-20,33-36,39-50H,15-16,21-32,61-64H2,1-8H3,(H,65,81)(H,66,82)(H,67,75)(H,68,76)(H,69,77)(H,70,78)(H,71,80)(H,72,79)/t39-,40-,41-,42-,43-,44-,45-,46-,47-,48-,49-,50-/m0/s1. The van der Waals surface area contributed by atoms with E-state index in [1.807, 2.05) is 27.7 Å². The van der Waals surface area contributed by atoms with Gasteiger partial charge >= 0.3 is 0 Å². The maximum absolute atomic E-state index is 15.0. The van der Waals surface area contributed by atoms with Crippen LogP contribution >= 0.6 is 0 Å². The van der Waals surface area contributed by atoms with Gasteiger partial charge in [0.15, 0.2) is 0 Å². The van der Waals surface area contributed by atoms with Crippen LogP contribution in [0.3, 0.4) is 0 Å². The third kappa shape index (κ3) is 19.5. The first-order valence-electron chi connectivity index (χ1n) is 29.8. The Morgan fingerprint density at radius 3 is 1.04 bits per heavy atom. The molecule has 0 radical (unpaired) electrons. The molecular weight excluding hydrogens is 1080 g/mol. The van der Waals surface area contributed by atoms with Crippen LogP contribution in [0, 0.1) is 23.7 Å². The highest BCUT2D eigenvalue weighted by Gasteiger charge is 2.45. The van der Waals surface area contributed by atoms with Crippen molar-refractivity contribution in [2.45, 2.75) is 192 Å². The van der Waals surface area contributed by atoms with Gasteiger partial charge in [0.05, 0.1) is 0 Å². The Labute approximate surface area is 494 Å². The molecule has 0 aromatic heterocycles. The number of hydrogen-bond acceptors (Lipinski definition) is 14. The van der Waals surface area contributed by atoms with E-state index < -0.39 is 143 Å². The molecule has 12 atom stereocenters. The van der Waals surface area contributed by atoms with Crippen molar-refractivity contribution in [2.75, 3.05) is 26.2 Å². The molecule has 24 heteroatoms. The second kappa shape index (κ2) is 32.3. The fourth-order valence-corrected chi connectivity index (χ4v) is 11.0. The zero-order valence-electron chi connectivity index (χ0n) is 50.2. The number of carbonyl (C=O) groups excluding carboxylic acids is 10. The predicted molar refractivity (Wildman–Crippen MR) is 317 cm³/mol. The maximum atomic E-state index is 15.0. The molecule has 0 saturated carbocycles. The summed E-state index contributed by atoms with van der Waals surface area (Å²) in [6, 6.07) is 3.94. The highest BCUT2D eigenvalue weighted by atomic mass is 16.2. The Morgan fingerprint density at radius 1 is 0.417 bits per heavy atom. The average Bonchev–Trinajstić information content (AvgIpc) is 3.02. The number of rotatable bonds is 16. The SMILES string of the molecule is CC(C)C[C@@H]1NC(=O)[C@H](CCCN)NC(=O)[C@H](C(C)C)NC(=O)[C@@H]2C[C@H](N)CN2C(=O)[C@H](Cc2ccccc2)NC(=O)[C@H](CC(C)C)NC(=O)[C@H](CCCN)NC(=O)[C@H](C(C)C)NC(=O)[C@@H]2C[C@H](N)CN2C(=O)[C@H](Cc2ccccc2)NC1=O. The molecule has 0 aliphatic carbocycles. The van der Waals surface area contributed by atoms with Crippen molar-refractivity contribution in [2.24, 2.45) is 46.6 Å². The minimum Gasteiger partial charge on any atom is -0.343 e. The van der Waals surface area contributed by atoms with Gasteiger partial charge in [0, 0.05) is 38.0 Å². The molecule has 3 saturated heterocycles. The minimum atomic E-state index is -1.29. The van der Waals surface area contributed by atoms with E-state index in [2.05, 4.69) is 42.5 Å². The highest BCUT2D eigenvalue weighted by Crippen LogP contribution is 2.23. The average molecular weight is 1170 g/mol. The van der Waals surface area contributed by atoms with Crippen LogP contribution in [-0.2, 0) is 60.8 Å². The summed E-state index contributed by atoms with van der Waals surface area (Å²) in [5.41, 5.74) is 26.2. The summed E-state index contributed by atoms with van der Waals surface area (Å²) in [5.74, 6) is -8.52. The van der Waals surface area contributed by atoms with Crippen LogP contribution in [0.4, 0.5) is 0 Å². The summed E-state index contributed by atoms with van der Waals surface area (Å²) in [4.78, 5) is 149. The lowest BCUT2D eigenvalue weighted by Crippen LogP contribution is -2.62. The van der Waals surface area contributed by atoms with E-state index in [9.17, 15) is 38.4 Å². The first-order chi connectivity index (χ1) is 39.8. The molecule has 2 aromatic carbocycles. The van der Waals surface area contributed by atoms with Gasteiger partial charge in [-0.1, -0.05) is 116 Å². The van der Waals surface area contributed by atoms with Crippen LogP contribution in [0.1, 0.15) is 118 Å². The lowest BCUT2D eigenvalue weighted by Gasteiger charge is -2.33. The summed E-state index contributed by atoms with van der Waals surface area (Å²) >= 11 is 0. The van der Waals surface area contributed by atoms with E-state index >= 15 is 9.59 Å². The van der Waals surface area contributed by atoms with Gasteiger partial charge in [-0.2, -0.15) is 0 Å². The Hall–Kier alpha value is -7.02. The fraction of sp³-hybridized carbons (Fsp3) is 0.633. The number of fused-ring (bicyclic) bond motifs is 2. The van der Waals surface area contributed by atoms with E-state index in [1.54, 1.807) is 88.4 Å². The van der Waals surface area contributed by atoms with Gasteiger partial charge in [0.25, 0.3) is 0 Å². The molecule has 0 spiro atoms. The van der Waals surface area contributed by atoms with Gasteiger partial charge in [-0.25, -0.2) is 0 Å². The molecule has 3 aliphatic heterocycles. The van der Waals surface area contributed by atoms with Gasteiger partial charge in [-0.05, 0) is 99.3 Å². The quantitative estimate of drug-likeness (QED) is 0.0970. The molecule has 0 bridgehead atoms. The van der Waals surface area contributed by atoms with Crippen molar-refractivity contribution in [3.63, 3.8) is 0 Å². The Kier molecular flexibility index (Phi) is 26.1. The molecule has 10 amide bonds.